The summed E-state index contributed by atoms with van der Waals surface area (Å²) in [5.41, 5.74) is 0.891. The third kappa shape index (κ3) is 6.23. The van der Waals surface area contributed by atoms with E-state index in [0.29, 0.717) is 36.1 Å². The van der Waals surface area contributed by atoms with Crippen LogP contribution < -0.4 is 10.1 Å². The maximum Gasteiger partial charge on any atom is 0.357 e. The molecule has 1 N–H and O–H groups in total. The van der Waals surface area contributed by atoms with Crippen LogP contribution >= 0.6 is 11.3 Å². The van der Waals surface area contributed by atoms with Crippen LogP contribution in [-0.2, 0) is 11.3 Å². The lowest BCUT2D eigenvalue weighted by Crippen LogP contribution is -2.35. The SMILES string of the molecule is CCCCCN(Cc1nc(C(=O)OCC)cs1)C(=O)Nc1ccccc1OC. The Morgan fingerprint density at radius 1 is 1.21 bits per heavy atom. The Balaban J connectivity index is 2.10. The first-order chi connectivity index (χ1) is 13.6. The molecule has 0 unspecified atom stereocenters. The highest BCUT2D eigenvalue weighted by Gasteiger charge is 2.19. The molecule has 0 aliphatic carbocycles. The number of anilines is 1. The highest BCUT2D eigenvalue weighted by Crippen LogP contribution is 2.24. The number of esters is 1. The lowest BCUT2D eigenvalue weighted by Gasteiger charge is -2.22. The molecule has 28 heavy (non-hydrogen) atoms. The van der Waals surface area contributed by atoms with Gasteiger partial charge in [0.05, 0.1) is 25.9 Å². The molecule has 0 radical (unpaired) electrons. The second-order valence-electron chi connectivity index (χ2n) is 6.11. The molecule has 0 spiro atoms. The average Bonchev–Trinajstić information content (AvgIpc) is 3.16. The lowest BCUT2D eigenvalue weighted by molar-refractivity contribution is 0.0520. The number of urea groups is 1. The number of nitrogens with one attached hydrogen (secondary N) is 1. The van der Waals surface area contributed by atoms with E-state index in [-0.39, 0.29) is 11.7 Å². The monoisotopic (exact) mass is 405 g/mol. The minimum absolute atomic E-state index is 0.228. The molecule has 2 amide bonds. The number of unbranched alkanes of at least 4 members (excludes halogenated alkanes) is 2. The quantitative estimate of drug-likeness (QED) is 0.463. The fourth-order valence-electron chi connectivity index (χ4n) is 2.59. The van der Waals surface area contributed by atoms with Crippen LogP contribution in [0.2, 0.25) is 0 Å². The van der Waals surface area contributed by atoms with Crippen molar-refractivity contribution in [1.29, 1.82) is 0 Å². The Morgan fingerprint density at radius 2 is 2.00 bits per heavy atom. The smallest absolute Gasteiger partial charge is 0.357 e. The van der Waals surface area contributed by atoms with Crippen molar-refractivity contribution in [2.75, 3.05) is 25.6 Å². The van der Waals surface area contributed by atoms with E-state index in [2.05, 4.69) is 17.2 Å². The van der Waals surface area contributed by atoms with Gasteiger partial charge in [-0.2, -0.15) is 0 Å². The van der Waals surface area contributed by atoms with E-state index in [4.69, 9.17) is 9.47 Å². The molecule has 0 atom stereocenters. The maximum absolute atomic E-state index is 12.9. The molecule has 1 aromatic heterocycles. The molecule has 2 rings (SSSR count). The van der Waals surface area contributed by atoms with Gasteiger partial charge in [-0.05, 0) is 25.5 Å². The molecule has 0 saturated carbocycles. The Hall–Kier alpha value is -2.61. The number of carbonyl (C=O) groups is 2. The minimum Gasteiger partial charge on any atom is -0.495 e. The molecule has 0 saturated heterocycles. The zero-order valence-corrected chi connectivity index (χ0v) is 17.4. The molecule has 2 aromatic rings. The standard InChI is InChI=1S/C20H27N3O4S/c1-4-6-9-12-23(13-18-21-16(14-28-18)19(24)27-5-2)20(25)22-15-10-7-8-11-17(15)26-3/h7-8,10-11,14H,4-6,9,12-13H2,1-3H3,(H,22,25). The number of carbonyl (C=O) groups excluding carboxylic acids is 2. The van der Waals surface area contributed by atoms with E-state index in [0.717, 1.165) is 19.3 Å². The number of ether oxygens (including phenoxy) is 2. The highest BCUT2D eigenvalue weighted by atomic mass is 32.1. The summed E-state index contributed by atoms with van der Waals surface area (Å²) in [4.78, 5) is 30.7. The van der Waals surface area contributed by atoms with Gasteiger partial charge in [-0.3, -0.25) is 0 Å². The van der Waals surface area contributed by atoms with E-state index in [9.17, 15) is 9.59 Å². The Kier molecular flexibility index (Phi) is 8.74. The van der Waals surface area contributed by atoms with Crippen molar-refractivity contribution in [2.45, 2.75) is 39.7 Å². The number of rotatable bonds is 10. The largest absolute Gasteiger partial charge is 0.495 e. The second kappa shape index (κ2) is 11.3. The van der Waals surface area contributed by atoms with Crippen molar-refractivity contribution in [1.82, 2.24) is 9.88 Å². The average molecular weight is 406 g/mol. The van der Waals surface area contributed by atoms with Gasteiger partial charge in [0.25, 0.3) is 0 Å². The van der Waals surface area contributed by atoms with Gasteiger partial charge >= 0.3 is 12.0 Å². The van der Waals surface area contributed by atoms with Crippen LogP contribution in [0.1, 0.15) is 48.6 Å². The first kappa shape index (κ1) is 21.7. The van der Waals surface area contributed by atoms with Crippen molar-refractivity contribution >= 4 is 29.0 Å². The number of nitrogens with zero attached hydrogens (tertiary/aromatic N) is 2. The normalized spacial score (nSPS) is 10.4. The van der Waals surface area contributed by atoms with Crippen LogP contribution in [0.3, 0.4) is 0 Å². The van der Waals surface area contributed by atoms with E-state index >= 15 is 0 Å². The van der Waals surface area contributed by atoms with Gasteiger partial charge in [-0.25, -0.2) is 14.6 Å². The van der Waals surface area contributed by atoms with Crippen molar-refractivity contribution in [3.8, 4) is 5.75 Å². The molecule has 0 fully saturated rings. The van der Waals surface area contributed by atoms with E-state index in [1.807, 2.05) is 12.1 Å². The molecule has 0 aliphatic rings. The summed E-state index contributed by atoms with van der Waals surface area (Å²) in [6, 6.07) is 7.05. The first-order valence-electron chi connectivity index (χ1n) is 9.39. The summed E-state index contributed by atoms with van der Waals surface area (Å²) in [7, 11) is 1.57. The molecule has 0 bridgehead atoms. The molecular formula is C20H27N3O4S. The third-order valence-electron chi connectivity index (χ3n) is 4.03. The predicted octanol–water partition coefficient (Wildman–Crippen LogP) is 4.55. The zero-order chi connectivity index (χ0) is 20.4. The van der Waals surface area contributed by atoms with Gasteiger partial charge < -0.3 is 19.7 Å². The van der Waals surface area contributed by atoms with Crippen LogP contribution in [0, 0.1) is 0 Å². The van der Waals surface area contributed by atoms with Crippen molar-refractivity contribution in [2.24, 2.45) is 0 Å². The van der Waals surface area contributed by atoms with Gasteiger partial charge in [0, 0.05) is 11.9 Å². The lowest BCUT2D eigenvalue weighted by atomic mass is 10.2. The fourth-order valence-corrected chi connectivity index (χ4v) is 3.37. The minimum atomic E-state index is -0.444. The van der Waals surface area contributed by atoms with Crippen LogP contribution in [0.5, 0.6) is 5.75 Å². The Labute approximate surface area is 169 Å². The second-order valence-corrected chi connectivity index (χ2v) is 7.05. The Bertz CT molecular complexity index is 778. The molecule has 7 nitrogen and oxygen atoms in total. The summed E-state index contributed by atoms with van der Waals surface area (Å²) in [5, 5.41) is 5.26. The van der Waals surface area contributed by atoms with Crippen molar-refractivity contribution in [3.63, 3.8) is 0 Å². The molecule has 8 heteroatoms. The van der Waals surface area contributed by atoms with Gasteiger partial charge in [-0.15, -0.1) is 11.3 Å². The van der Waals surface area contributed by atoms with E-state index < -0.39 is 5.97 Å². The van der Waals surface area contributed by atoms with Gasteiger partial charge in [0.1, 0.15) is 10.8 Å². The zero-order valence-electron chi connectivity index (χ0n) is 16.6. The van der Waals surface area contributed by atoms with E-state index in [1.165, 1.54) is 11.3 Å². The number of thiazole rings is 1. The van der Waals surface area contributed by atoms with Crippen LogP contribution in [0.4, 0.5) is 10.5 Å². The molecule has 1 heterocycles. The summed E-state index contributed by atoms with van der Waals surface area (Å²) in [6.07, 6.45) is 2.99. The number of hydrogen-bond acceptors (Lipinski definition) is 6. The highest BCUT2D eigenvalue weighted by molar-refractivity contribution is 7.09. The molecule has 0 aliphatic heterocycles. The van der Waals surface area contributed by atoms with Crippen molar-refractivity contribution in [3.05, 3.63) is 40.3 Å². The Morgan fingerprint density at radius 3 is 2.71 bits per heavy atom. The summed E-state index contributed by atoms with van der Waals surface area (Å²) in [6.45, 7) is 5.10. The molecule has 152 valence electrons. The molecular weight excluding hydrogens is 378 g/mol. The van der Waals surface area contributed by atoms with Crippen LogP contribution in [-0.4, -0.2) is 42.1 Å². The van der Waals surface area contributed by atoms with Crippen LogP contribution in [0.15, 0.2) is 29.6 Å². The summed E-state index contributed by atoms with van der Waals surface area (Å²) < 4.78 is 10.3. The predicted molar refractivity (Wildman–Crippen MR) is 110 cm³/mol. The number of amides is 2. The number of aromatic nitrogens is 1. The van der Waals surface area contributed by atoms with Gasteiger partial charge in [0.15, 0.2) is 5.69 Å². The third-order valence-corrected chi connectivity index (χ3v) is 4.86. The topological polar surface area (TPSA) is 80.8 Å². The first-order valence-corrected chi connectivity index (χ1v) is 10.3. The summed E-state index contributed by atoms with van der Waals surface area (Å²) >= 11 is 1.34. The van der Waals surface area contributed by atoms with Crippen molar-refractivity contribution < 1.29 is 19.1 Å². The van der Waals surface area contributed by atoms with Crippen LogP contribution in [0.25, 0.3) is 0 Å². The molecule has 1 aromatic carbocycles. The number of benzene rings is 1. The fraction of sp³-hybridized carbons (Fsp3) is 0.450. The van der Waals surface area contributed by atoms with Gasteiger partial charge in [0.2, 0.25) is 0 Å². The number of methoxy groups -OCH3 is 1. The van der Waals surface area contributed by atoms with Gasteiger partial charge in [-0.1, -0.05) is 31.9 Å². The summed E-state index contributed by atoms with van der Waals surface area (Å²) in [5.74, 6) is 0.157. The van der Waals surface area contributed by atoms with E-state index in [1.54, 1.807) is 36.4 Å². The number of para-hydroxylation sites is 2. The number of hydrogen-bond donors (Lipinski definition) is 1. The maximum atomic E-state index is 12.9.